The molecule has 0 unspecified atom stereocenters. The second-order valence-corrected chi connectivity index (χ2v) is 7.47. The first-order valence-corrected chi connectivity index (χ1v) is 9.60. The maximum Gasteiger partial charge on any atom is 0.236 e. The molecule has 0 aromatic heterocycles. The summed E-state index contributed by atoms with van der Waals surface area (Å²) in [5.41, 5.74) is 1.18. The molecule has 0 saturated carbocycles. The zero-order valence-corrected chi connectivity index (χ0v) is 15.3. The molecule has 2 aliphatic heterocycles. The number of carbonyl (C=O) groups excluding carboxylic acids is 1. The van der Waals surface area contributed by atoms with E-state index in [1.54, 1.807) is 0 Å². The highest BCUT2D eigenvalue weighted by Crippen LogP contribution is 2.18. The minimum absolute atomic E-state index is 0.178. The second kappa shape index (κ2) is 8.77. The smallest absolute Gasteiger partial charge is 0.236 e. The maximum atomic E-state index is 13.0. The number of hydrogen-bond acceptors (Lipinski definition) is 3. The number of piperidine rings is 1. The zero-order valence-electron chi connectivity index (χ0n) is 15.3. The fourth-order valence-corrected chi connectivity index (χ4v) is 3.85. The third kappa shape index (κ3) is 5.25. The summed E-state index contributed by atoms with van der Waals surface area (Å²) in [5, 5.41) is 0. The molecular formula is C20H30FN3O. The molecule has 0 radical (unpaired) electrons. The summed E-state index contributed by atoms with van der Waals surface area (Å²) in [5.74, 6) is 0.512. The van der Waals surface area contributed by atoms with Crippen molar-refractivity contribution in [3.63, 3.8) is 0 Å². The number of amides is 1. The first-order chi connectivity index (χ1) is 12.1. The van der Waals surface area contributed by atoms with Crippen LogP contribution < -0.4 is 0 Å². The number of piperazine rings is 1. The van der Waals surface area contributed by atoms with E-state index in [-0.39, 0.29) is 5.82 Å². The number of halogens is 1. The van der Waals surface area contributed by atoms with Gasteiger partial charge in [-0.2, -0.15) is 0 Å². The van der Waals surface area contributed by atoms with Gasteiger partial charge in [0.1, 0.15) is 5.82 Å². The zero-order chi connectivity index (χ0) is 17.6. The second-order valence-electron chi connectivity index (χ2n) is 7.47. The molecule has 138 valence electrons. The van der Waals surface area contributed by atoms with Gasteiger partial charge in [0.15, 0.2) is 0 Å². The topological polar surface area (TPSA) is 26.8 Å². The number of nitrogens with zero attached hydrogens (tertiary/aromatic N) is 3. The molecule has 3 rings (SSSR count). The van der Waals surface area contributed by atoms with Crippen molar-refractivity contribution in [2.45, 2.75) is 32.1 Å². The maximum absolute atomic E-state index is 13.0. The van der Waals surface area contributed by atoms with Gasteiger partial charge in [-0.1, -0.05) is 19.1 Å². The summed E-state index contributed by atoms with van der Waals surface area (Å²) in [6, 6.07) is 6.84. The van der Waals surface area contributed by atoms with Gasteiger partial charge >= 0.3 is 0 Å². The lowest BCUT2D eigenvalue weighted by atomic mass is 10.0. The van der Waals surface area contributed by atoms with E-state index in [4.69, 9.17) is 0 Å². The van der Waals surface area contributed by atoms with Crippen LogP contribution >= 0.6 is 0 Å². The molecule has 1 aromatic rings. The van der Waals surface area contributed by atoms with Crippen molar-refractivity contribution in [2.75, 3.05) is 52.4 Å². The molecule has 0 N–H and O–H groups in total. The molecule has 4 nitrogen and oxygen atoms in total. The monoisotopic (exact) mass is 347 g/mol. The van der Waals surface area contributed by atoms with Crippen molar-refractivity contribution >= 4 is 5.91 Å². The molecule has 5 heteroatoms. The van der Waals surface area contributed by atoms with Crippen LogP contribution in [0.3, 0.4) is 0 Å². The highest BCUT2D eigenvalue weighted by molar-refractivity contribution is 5.78. The highest BCUT2D eigenvalue weighted by Gasteiger charge is 2.23. The average Bonchev–Trinajstić information content (AvgIpc) is 2.64. The van der Waals surface area contributed by atoms with Crippen LogP contribution in [0.4, 0.5) is 4.39 Å². The van der Waals surface area contributed by atoms with Gasteiger partial charge in [-0.05, 0) is 42.9 Å². The lowest BCUT2D eigenvalue weighted by Gasteiger charge is -2.37. The predicted octanol–water partition coefficient (Wildman–Crippen LogP) is 2.56. The first-order valence-electron chi connectivity index (χ1n) is 9.60. The Morgan fingerprint density at radius 2 is 1.56 bits per heavy atom. The molecule has 2 heterocycles. The summed E-state index contributed by atoms with van der Waals surface area (Å²) < 4.78 is 13.0. The molecule has 2 fully saturated rings. The minimum Gasteiger partial charge on any atom is -0.342 e. The molecule has 1 amide bonds. The van der Waals surface area contributed by atoms with Crippen LogP contribution in [0, 0.1) is 5.82 Å². The van der Waals surface area contributed by atoms with Gasteiger partial charge in [-0.3, -0.25) is 9.69 Å². The van der Waals surface area contributed by atoms with Crippen molar-refractivity contribution < 1.29 is 9.18 Å². The molecule has 2 saturated heterocycles. The van der Waals surface area contributed by atoms with Gasteiger partial charge < -0.3 is 9.80 Å². The summed E-state index contributed by atoms with van der Waals surface area (Å²) in [6.07, 6.45) is 3.57. The van der Waals surface area contributed by atoms with Gasteiger partial charge in [0.05, 0.1) is 6.54 Å². The van der Waals surface area contributed by atoms with E-state index in [2.05, 4.69) is 16.7 Å². The number of hydrogen-bond donors (Lipinski definition) is 0. The SMILES string of the molecule is C[C@@H](CN1CCN(CC(=O)N2CCCCC2)CC1)c1ccc(F)cc1. The normalized spacial score (nSPS) is 21.3. The van der Waals surface area contributed by atoms with Gasteiger partial charge in [-0.15, -0.1) is 0 Å². The fraction of sp³-hybridized carbons (Fsp3) is 0.650. The Morgan fingerprint density at radius 1 is 0.960 bits per heavy atom. The quantitative estimate of drug-likeness (QED) is 0.819. The van der Waals surface area contributed by atoms with Crippen LogP contribution in [0.5, 0.6) is 0 Å². The van der Waals surface area contributed by atoms with Crippen LogP contribution in [0.2, 0.25) is 0 Å². The van der Waals surface area contributed by atoms with E-state index in [1.165, 1.54) is 24.1 Å². The molecule has 0 bridgehead atoms. The largest absolute Gasteiger partial charge is 0.342 e. The van der Waals surface area contributed by atoms with Crippen LogP contribution in [0.25, 0.3) is 0 Å². The Hall–Kier alpha value is -1.46. The van der Waals surface area contributed by atoms with Gasteiger partial charge in [0.2, 0.25) is 5.91 Å². The number of rotatable bonds is 5. The van der Waals surface area contributed by atoms with E-state index in [0.29, 0.717) is 18.4 Å². The molecular weight excluding hydrogens is 317 g/mol. The van der Waals surface area contributed by atoms with E-state index >= 15 is 0 Å². The predicted molar refractivity (Wildman–Crippen MR) is 98.1 cm³/mol. The number of benzene rings is 1. The molecule has 0 spiro atoms. The minimum atomic E-state index is -0.178. The van der Waals surface area contributed by atoms with Crippen LogP contribution in [0.15, 0.2) is 24.3 Å². The molecule has 25 heavy (non-hydrogen) atoms. The van der Waals surface area contributed by atoms with Crippen molar-refractivity contribution in [1.29, 1.82) is 0 Å². The van der Waals surface area contributed by atoms with Crippen LogP contribution in [-0.2, 0) is 4.79 Å². The number of likely N-dealkylation sites (tertiary alicyclic amines) is 1. The lowest BCUT2D eigenvalue weighted by molar-refractivity contribution is -0.133. The third-order valence-electron chi connectivity index (χ3n) is 5.50. The standard InChI is InChI=1S/C20H30FN3O/c1-17(18-5-7-19(21)8-6-18)15-22-11-13-23(14-12-22)16-20(25)24-9-3-2-4-10-24/h5-8,17H,2-4,9-16H2,1H3/t17-/m0/s1. The van der Waals surface area contributed by atoms with Gasteiger partial charge in [0, 0.05) is 45.8 Å². The molecule has 0 aliphatic carbocycles. The van der Waals surface area contributed by atoms with Crippen molar-refractivity contribution in [3.8, 4) is 0 Å². The Morgan fingerprint density at radius 3 is 2.20 bits per heavy atom. The fourth-order valence-electron chi connectivity index (χ4n) is 3.85. The van der Waals surface area contributed by atoms with Crippen LogP contribution in [0.1, 0.15) is 37.7 Å². The molecule has 1 aromatic carbocycles. The molecule has 1 atom stereocenters. The van der Waals surface area contributed by atoms with E-state index in [9.17, 15) is 9.18 Å². The Labute approximate surface area is 150 Å². The van der Waals surface area contributed by atoms with Crippen LogP contribution in [-0.4, -0.2) is 73.0 Å². The van der Waals surface area contributed by atoms with E-state index in [1.807, 2.05) is 17.0 Å². The Kier molecular flexibility index (Phi) is 6.43. The Bertz CT molecular complexity index is 549. The Balaban J connectivity index is 1.40. The average molecular weight is 347 g/mol. The summed E-state index contributed by atoms with van der Waals surface area (Å²) in [7, 11) is 0. The van der Waals surface area contributed by atoms with Crippen molar-refractivity contribution in [1.82, 2.24) is 14.7 Å². The van der Waals surface area contributed by atoms with E-state index in [0.717, 1.165) is 58.7 Å². The first kappa shape index (κ1) is 18.3. The number of carbonyl (C=O) groups is 1. The van der Waals surface area contributed by atoms with E-state index < -0.39 is 0 Å². The highest BCUT2D eigenvalue weighted by atomic mass is 19.1. The van der Waals surface area contributed by atoms with Gasteiger partial charge in [0.25, 0.3) is 0 Å². The summed E-state index contributed by atoms with van der Waals surface area (Å²) in [6.45, 7) is 9.53. The van der Waals surface area contributed by atoms with Crippen molar-refractivity contribution in [2.24, 2.45) is 0 Å². The third-order valence-corrected chi connectivity index (χ3v) is 5.50. The van der Waals surface area contributed by atoms with Crippen molar-refractivity contribution in [3.05, 3.63) is 35.6 Å². The van der Waals surface area contributed by atoms with Gasteiger partial charge in [-0.25, -0.2) is 4.39 Å². The summed E-state index contributed by atoms with van der Waals surface area (Å²) >= 11 is 0. The summed E-state index contributed by atoms with van der Waals surface area (Å²) in [4.78, 5) is 19.2. The molecule has 2 aliphatic rings. The lowest BCUT2D eigenvalue weighted by Crippen LogP contribution is -2.51.